The zero-order valence-corrected chi connectivity index (χ0v) is 2.56. The van der Waals surface area contributed by atoms with E-state index in [9.17, 15) is 4.79 Å². The van der Waals surface area contributed by atoms with Gasteiger partial charge in [0, 0.05) is 0 Å². The third kappa shape index (κ3) is 3.21. The van der Waals surface area contributed by atoms with Crippen LogP contribution in [0.25, 0.3) is 0 Å². The van der Waals surface area contributed by atoms with Gasteiger partial charge in [-0.05, 0) is 0 Å². The van der Waals surface area contributed by atoms with E-state index in [1.165, 1.54) is 0 Å². The number of carbonyl (C=O) groups is 1. The number of carboxylic acids is 1. The van der Waals surface area contributed by atoms with Crippen LogP contribution in [0, 0.1) is 6.08 Å². The first-order chi connectivity index (χ1) is 2.27. The van der Waals surface area contributed by atoms with Crippen molar-refractivity contribution < 1.29 is 9.90 Å². The predicted octanol–water partition coefficient (Wildman–Crippen LogP) is 0.0602. The highest BCUT2D eigenvalue weighted by Crippen LogP contribution is 1.52. The molecular formula is C3H3O2. The molecule has 0 aliphatic rings. The smallest absolute Gasteiger partial charge is 0.335 e. The molecule has 0 bridgehead atoms. The second-order valence-corrected chi connectivity index (χ2v) is 0.482. The summed E-state index contributed by atoms with van der Waals surface area (Å²) in [5, 5.41) is 7.55. The summed E-state index contributed by atoms with van der Waals surface area (Å²) < 4.78 is 0. The lowest BCUT2D eigenvalue weighted by Crippen LogP contribution is -1.83. The Hall–Kier alpha value is -0.790. The Kier molecular flexibility index (Phi) is 1.28. The number of hydrogen-bond acceptors (Lipinski definition) is 1. The molecule has 0 aromatic carbocycles. The predicted molar refractivity (Wildman–Crippen MR) is 16.5 cm³/mol. The summed E-state index contributed by atoms with van der Waals surface area (Å²) in [4.78, 5) is 9.19. The Bertz CT molecular complexity index is 55.9. The van der Waals surface area contributed by atoms with Crippen molar-refractivity contribution in [1.82, 2.24) is 0 Å². The van der Waals surface area contributed by atoms with Crippen LogP contribution in [-0.2, 0) is 4.79 Å². The second-order valence-electron chi connectivity index (χ2n) is 0.482. The van der Waals surface area contributed by atoms with E-state index in [0.29, 0.717) is 0 Å². The van der Waals surface area contributed by atoms with Crippen LogP contribution < -0.4 is 0 Å². The molecule has 2 nitrogen and oxygen atoms in total. The van der Waals surface area contributed by atoms with Crippen molar-refractivity contribution >= 4 is 5.97 Å². The molecule has 27 valence electrons. The van der Waals surface area contributed by atoms with Crippen LogP contribution in [0.5, 0.6) is 0 Å². The van der Waals surface area contributed by atoms with E-state index in [4.69, 9.17) is 5.11 Å². The van der Waals surface area contributed by atoms with Gasteiger partial charge in [-0.15, -0.1) is 0 Å². The lowest BCUT2D eigenvalue weighted by atomic mass is 10.7. The topological polar surface area (TPSA) is 37.3 Å². The van der Waals surface area contributed by atoms with Crippen LogP contribution in [-0.4, -0.2) is 11.1 Å². The average Bonchev–Trinajstić information content (AvgIpc) is 1.38. The quantitative estimate of drug-likeness (QED) is 0.444. The lowest BCUT2D eigenvalue weighted by molar-refractivity contribution is -0.132. The van der Waals surface area contributed by atoms with Gasteiger partial charge in [0.25, 0.3) is 0 Å². The first kappa shape index (κ1) is 4.21. The highest BCUT2D eigenvalue weighted by molar-refractivity contribution is 5.74. The minimum atomic E-state index is -1.11. The van der Waals surface area contributed by atoms with Gasteiger partial charge in [0.1, 0.15) is 0 Å². The Morgan fingerprint density at radius 3 is 2.20 bits per heavy atom. The van der Waals surface area contributed by atoms with E-state index in [1.54, 1.807) is 6.08 Å². The van der Waals surface area contributed by atoms with E-state index in [-0.39, 0.29) is 0 Å². The first-order valence-corrected chi connectivity index (χ1v) is 1.03. The zero-order chi connectivity index (χ0) is 4.28. The van der Waals surface area contributed by atoms with Crippen LogP contribution >= 0.6 is 0 Å². The van der Waals surface area contributed by atoms with E-state index in [2.05, 4.69) is 6.58 Å². The molecule has 0 aliphatic carbocycles. The molecule has 0 aromatic rings. The van der Waals surface area contributed by atoms with Gasteiger partial charge in [-0.2, -0.15) is 0 Å². The molecule has 5 heavy (non-hydrogen) atoms. The van der Waals surface area contributed by atoms with Crippen molar-refractivity contribution in [2.24, 2.45) is 0 Å². The summed E-state index contributed by atoms with van der Waals surface area (Å²) in [6.45, 7) is 2.84. The van der Waals surface area contributed by atoms with Gasteiger partial charge >= 0.3 is 5.97 Å². The highest BCUT2D eigenvalue weighted by Gasteiger charge is 1.75. The standard InChI is InChI=1S/C3H3O2/c1-2-3(4)5/h1H2,(H,4,5). The summed E-state index contributed by atoms with van der Waals surface area (Å²) in [5.41, 5.74) is 0. The van der Waals surface area contributed by atoms with E-state index < -0.39 is 5.97 Å². The van der Waals surface area contributed by atoms with Gasteiger partial charge in [-0.25, -0.2) is 4.79 Å². The maximum Gasteiger partial charge on any atom is 0.335 e. The fourth-order valence-electron chi connectivity index (χ4n) is 0. The number of aliphatic carboxylic acids is 1. The largest absolute Gasteiger partial charge is 0.478 e. The fraction of sp³-hybridized carbons (Fsp3) is 0. The van der Waals surface area contributed by atoms with Gasteiger partial charge in [-0.3, -0.25) is 0 Å². The molecule has 0 unspecified atom stereocenters. The summed E-state index contributed by atoms with van der Waals surface area (Å²) in [6.07, 6.45) is 1.69. The molecule has 1 N–H and O–H groups in total. The van der Waals surface area contributed by atoms with Crippen LogP contribution in [0.4, 0.5) is 0 Å². The van der Waals surface area contributed by atoms with Crippen LogP contribution in [0.15, 0.2) is 6.58 Å². The molecule has 0 saturated heterocycles. The molecule has 0 saturated carbocycles. The third-order valence-corrected chi connectivity index (χ3v) is 0.151. The van der Waals surface area contributed by atoms with Gasteiger partial charge in [0.05, 0.1) is 6.08 Å². The first-order valence-electron chi connectivity index (χ1n) is 1.03. The Labute approximate surface area is 29.7 Å². The molecule has 0 atom stereocenters. The van der Waals surface area contributed by atoms with Crippen molar-refractivity contribution in [1.29, 1.82) is 0 Å². The molecule has 0 aliphatic heterocycles. The van der Waals surface area contributed by atoms with Gasteiger partial charge in [0.15, 0.2) is 0 Å². The van der Waals surface area contributed by atoms with Gasteiger partial charge < -0.3 is 5.11 Å². The Morgan fingerprint density at radius 2 is 2.20 bits per heavy atom. The Balaban J connectivity index is 3.20. The second kappa shape index (κ2) is 1.52. The Morgan fingerprint density at radius 1 is 2.00 bits per heavy atom. The zero-order valence-electron chi connectivity index (χ0n) is 2.56. The minimum absolute atomic E-state index is 1.11. The van der Waals surface area contributed by atoms with Crippen LogP contribution in [0.3, 0.4) is 0 Å². The summed E-state index contributed by atoms with van der Waals surface area (Å²) in [5.74, 6) is -1.11. The normalized spacial score (nSPS) is 6.40. The van der Waals surface area contributed by atoms with Crippen molar-refractivity contribution in [2.45, 2.75) is 0 Å². The molecule has 0 spiro atoms. The summed E-state index contributed by atoms with van der Waals surface area (Å²) >= 11 is 0. The molecule has 0 amide bonds. The van der Waals surface area contributed by atoms with Gasteiger partial charge in [0.2, 0.25) is 0 Å². The molecule has 2 heteroatoms. The van der Waals surface area contributed by atoms with Crippen molar-refractivity contribution in [3.05, 3.63) is 12.7 Å². The number of hydrogen-bond donors (Lipinski definition) is 1. The van der Waals surface area contributed by atoms with Crippen molar-refractivity contribution in [3.63, 3.8) is 0 Å². The van der Waals surface area contributed by atoms with Crippen LogP contribution in [0.1, 0.15) is 0 Å². The molecular weight excluding hydrogens is 68.0 g/mol. The summed E-state index contributed by atoms with van der Waals surface area (Å²) in [7, 11) is 0. The number of carboxylic acid groups (broad SMARTS) is 1. The molecule has 0 heterocycles. The van der Waals surface area contributed by atoms with E-state index in [0.717, 1.165) is 0 Å². The van der Waals surface area contributed by atoms with Crippen molar-refractivity contribution in [2.75, 3.05) is 0 Å². The molecule has 0 rings (SSSR count). The SMILES string of the molecule is C=[C]C(=O)O. The average molecular weight is 71.1 g/mol. The molecule has 1 radical (unpaired) electrons. The third-order valence-electron chi connectivity index (χ3n) is 0.151. The highest BCUT2D eigenvalue weighted by atomic mass is 16.4. The van der Waals surface area contributed by atoms with Crippen molar-refractivity contribution in [3.8, 4) is 0 Å². The number of rotatable bonds is 1. The summed E-state index contributed by atoms with van der Waals surface area (Å²) in [6, 6.07) is 0. The monoisotopic (exact) mass is 71.0 g/mol. The lowest BCUT2D eigenvalue weighted by Gasteiger charge is -1.63. The molecule has 0 aromatic heterocycles. The van der Waals surface area contributed by atoms with E-state index in [1.807, 2.05) is 0 Å². The minimum Gasteiger partial charge on any atom is -0.478 e. The molecule has 0 fully saturated rings. The van der Waals surface area contributed by atoms with Gasteiger partial charge in [-0.1, -0.05) is 6.58 Å². The van der Waals surface area contributed by atoms with E-state index >= 15 is 0 Å². The maximum absolute atomic E-state index is 9.19. The van der Waals surface area contributed by atoms with Crippen LogP contribution in [0.2, 0.25) is 0 Å². The maximum atomic E-state index is 9.19. The fourth-order valence-corrected chi connectivity index (χ4v) is 0.